The minimum absolute atomic E-state index is 0.221. The van der Waals surface area contributed by atoms with E-state index in [1.807, 2.05) is 24.4 Å². The van der Waals surface area contributed by atoms with Crippen LogP contribution < -0.4 is 14.2 Å². The number of hydrogen-bond donors (Lipinski definition) is 1. The van der Waals surface area contributed by atoms with Crippen molar-refractivity contribution in [3.8, 4) is 5.75 Å². The third-order valence-corrected chi connectivity index (χ3v) is 9.47. The van der Waals surface area contributed by atoms with E-state index in [1.165, 1.54) is 46.7 Å². The number of aromatic nitrogens is 1. The molecule has 2 heterocycles. The number of benzene rings is 2. The zero-order valence-corrected chi connectivity index (χ0v) is 27.7. The van der Waals surface area contributed by atoms with Crippen LogP contribution in [-0.2, 0) is 16.7 Å². The van der Waals surface area contributed by atoms with E-state index in [9.17, 15) is 8.42 Å². The van der Waals surface area contributed by atoms with Gasteiger partial charge >= 0.3 is 0 Å². The summed E-state index contributed by atoms with van der Waals surface area (Å²) in [4.78, 5) is 4.88. The number of thiophene rings is 1. The molecule has 0 bridgehead atoms. The summed E-state index contributed by atoms with van der Waals surface area (Å²) in [5.74, 6) is 0.559. The van der Waals surface area contributed by atoms with Gasteiger partial charge in [-0.05, 0) is 78.9 Å². The van der Waals surface area contributed by atoms with Gasteiger partial charge in [0, 0.05) is 47.1 Å². The molecule has 2 aromatic heterocycles. The van der Waals surface area contributed by atoms with Crippen molar-refractivity contribution in [3.05, 3.63) is 87.7 Å². The van der Waals surface area contributed by atoms with Gasteiger partial charge in [-0.2, -0.15) is 13.0 Å². The van der Waals surface area contributed by atoms with Crippen LogP contribution in [0.25, 0.3) is 35.2 Å². The number of hydrogen-bond acceptors (Lipinski definition) is 5. The van der Waals surface area contributed by atoms with Crippen LogP contribution in [-0.4, -0.2) is 38.9 Å². The van der Waals surface area contributed by atoms with Crippen LogP contribution in [0.4, 0.5) is 5.69 Å². The van der Waals surface area contributed by atoms with E-state index < -0.39 is 10.1 Å². The molecule has 0 radical (unpaired) electrons. The number of anilines is 1. The Morgan fingerprint density at radius 2 is 1.52 bits per heavy atom. The molecule has 0 unspecified atom stereocenters. The van der Waals surface area contributed by atoms with E-state index in [2.05, 4.69) is 90.1 Å². The van der Waals surface area contributed by atoms with Crippen LogP contribution in [0.1, 0.15) is 73.3 Å². The summed E-state index contributed by atoms with van der Waals surface area (Å²) in [6.07, 6.45) is 16.6. The normalized spacial score (nSPS) is 12.1. The molecule has 44 heavy (non-hydrogen) atoms. The van der Waals surface area contributed by atoms with Crippen LogP contribution >= 0.6 is 11.3 Å². The van der Waals surface area contributed by atoms with E-state index in [1.54, 1.807) is 18.4 Å². The van der Waals surface area contributed by atoms with E-state index in [4.69, 9.17) is 9.29 Å². The number of fused-ring (bicyclic) bond motifs is 1. The van der Waals surface area contributed by atoms with Gasteiger partial charge < -0.3 is 9.64 Å². The molecule has 0 saturated heterocycles. The first-order valence-corrected chi connectivity index (χ1v) is 18.0. The Morgan fingerprint density at radius 3 is 2.16 bits per heavy atom. The average Bonchev–Trinajstić information content (AvgIpc) is 3.49. The van der Waals surface area contributed by atoms with Crippen LogP contribution in [0, 0.1) is 0 Å². The fourth-order valence-corrected chi connectivity index (χ4v) is 6.52. The summed E-state index contributed by atoms with van der Waals surface area (Å²) in [7, 11) is -2.28. The van der Waals surface area contributed by atoms with Gasteiger partial charge in [-0.25, -0.2) is 0 Å². The molecule has 6 nitrogen and oxygen atoms in total. The second kappa shape index (κ2) is 16.6. The van der Waals surface area contributed by atoms with Crippen molar-refractivity contribution in [1.29, 1.82) is 0 Å². The average molecular weight is 634 g/mol. The van der Waals surface area contributed by atoms with Gasteiger partial charge in [0.15, 0.2) is 6.20 Å². The van der Waals surface area contributed by atoms with Crippen molar-refractivity contribution in [3.63, 3.8) is 0 Å². The Bertz CT molecular complexity index is 1650. The highest BCUT2D eigenvalue weighted by atomic mass is 32.2. The van der Waals surface area contributed by atoms with Gasteiger partial charge in [0.05, 0.1) is 18.2 Å². The molecule has 0 aliphatic carbocycles. The number of unbranched alkanes of at least 4 members (excludes halogenated alkanes) is 3. The predicted octanol–water partition coefficient (Wildman–Crippen LogP) is 8.61. The van der Waals surface area contributed by atoms with E-state index in [0.717, 1.165) is 35.3 Å². The highest BCUT2D eigenvalue weighted by molar-refractivity contribution is 7.85. The smallest absolute Gasteiger partial charge is 0.264 e. The van der Waals surface area contributed by atoms with Crippen molar-refractivity contribution in [2.24, 2.45) is 0 Å². The molecule has 2 aromatic carbocycles. The van der Waals surface area contributed by atoms with Gasteiger partial charge in [-0.1, -0.05) is 51.0 Å². The first-order valence-electron chi connectivity index (χ1n) is 15.6. The molecular formula is C36H45N2O4S2+. The monoisotopic (exact) mass is 633 g/mol. The second-order valence-corrected chi connectivity index (χ2v) is 13.8. The Morgan fingerprint density at radius 1 is 0.841 bits per heavy atom. The minimum atomic E-state index is -3.94. The van der Waals surface area contributed by atoms with Gasteiger partial charge in [0.25, 0.3) is 10.1 Å². The maximum absolute atomic E-state index is 11.1. The van der Waals surface area contributed by atoms with Crippen molar-refractivity contribution in [2.75, 3.05) is 30.9 Å². The summed E-state index contributed by atoms with van der Waals surface area (Å²) >= 11 is 1.75. The van der Waals surface area contributed by atoms with Crippen LogP contribution in [0.2, 0.25) is 0 Å². The number of rotatable bonds is 17. The molecule has 0 aliphatic heterocycles. The Labute approximate surface area is 267 Å². The molecule has 0 saturated carbocycles. The fraction of sp³-hybridized carbons (Fsp3) is 0.361. The summed E-state index contributed by atoms with van der Waals surface area (Å²) in [6.45, 7) is 7.38. The number of methoxy groups -OCH3 is 1. The lowest BCUT2D eigenvalue weighted by molar-refractivity contribution is -0.671. The topological polar surface area (TPSA) is 70.7 Å². The van der Waals surface area contributed by atoms with Crippen molar-refractivity contribution < 1.29 is 22.3 Å². The third kappa shape index (κ3) is 10.0. The predicted molar refractivity (Wildman–Crippen MR) is 187 cm³/mol. The maximum atomic E-state index is 11.1. The lowest BCUT2D eigenvalue weighted by atomic mass is 10.1. The summed E-state index contributed by atoms with van der Waals surface area (Å²) in [6, 6.07) is 21.3. The highest BCUT2D eigenvalue weighted by Gasteiger charge is 2.14. The first-order chi connectivity index (χ1) is 21.3. The molecule has 234 valence electrons. The van der Waals surface area contributed by atoms with Crippen molar-refractivity contribution in [2.45, 2.75) is 58.9 Å². The minimum Gasteiger partial charge on any atom is -0.497 e. The molecule has 0 amide bonds. The van der Waals surface area contributed by atoms with E-state index in [-0.39, 0.29) is 5.75 Å². The second-order valence-electron chi connectivity index (χ2n) is 11.0. The van der Waals surface area contributed by atoms with Gasteiger partial charge in [-0.15, -0.1) is 11.3 Å². The zero-order chi connectivity index (χ0) is 31.4. The maximum Gasteiger partial charge on any atom is 0.264 e. The number of aryl methyl sites for hydroxylation is 1. The molecular weight excluding hydrogens is 589 g/mol. The summed E-state index contributed by atoms with van der Waals surface area (Å²) < 4.78 is 38.8. The molecule has 0 spiro atoms. The summed E-state index contributed by atoms with van der Waals surface area (Å²) in [5.41, 5.74) is 4.62. The Balaban J connectivity index is 1.44. The zero-order valence-electron chi connectivity index (χ0n) is 26.1. The fourth-order valence-electron chi connectivity index (χ4n) is 5.13. The Kier molecular flexibility index (Phi) is 12.6. The molecule has 0 fully saturated rings. The molecule has 0 aliphatic rings. The van der Waals surface area contributed by atoms with Crippen LogP contribution in [0.3, 0.4) is 0 Å². The van der Waals surface area contributed by atoms with Crippen molar-refractivity contribution >= 4 is 62.3 Å². The molecule has 8 heteroatoms. The summed E-state index contributed by atoms with van der Waals surface area (Å²) in [5, 5.41) is 1.06. The largest absolute Gasteiger partial charge is 0.497 e. The van der Waals surface area contributed by atoms with E-state index >= 15 is 0 Å². The SMILES string of the molecule is CCCCN(CCCC)c1ccc(/C=C/c2ccc(/C=C/c3cc[n+](CCCCS(=O)(=O)O)c4ccc(OC)cc34)s2)cc1. The molecule has 4 rings (SSSR count). The van der Waals surface area contributed by atoms with Gasteiger partial charge in [-0.3, -0.25) is 4.55 Å². The van der Waals surface area contributed by atoms with E-state index in [0.29, 0.717) is 19.4 Å². The first kappa shape index (κ1) is 33.4. The lowest BCUT2D eigenvalue weighted by Crippen LogP contribution is -2.34. The van der Waals surface area contributed by atoms with Gasteiger partial charge in [0.1, 0.15) is 12.3 Å². The van der Waals surface area contributed by atoms with Crippen molar-refractivity contribution in [1.82, 2.24) is 0 Å². The molecule has 4 aromatic rings. The quantitative estimate of drug-likeness (QED) is 0.0716. The van der Waals surface area contributed by atoms with Crippen LogP contribution in [0.15, 0.2) is 66.9 Å². The number of nitrogens with zero attached hydrogens (tertiary/aromatic N) is 2. The lowest BCUT2D eigenvalue weighted by Gasteiger charge is -2.24. The standard InChI is InChI=1S/C36H44N2O4S2/c1-4-6-23-37(24-7-5-2)31-14-10-29(11-15-31)12-17-33-19-20-34(43-33)18-13-30-22-26-38(25-8-9-27-44(39,40)41)36-21-16-32(42-3)28-35(30)36/h10-22,26,28H,4-9,23-25,27H2,1-3H3/p+1. The Hall–Kier alpha value is -3.46. The molecule has 1 N–H and O–H groups in total. The molecule has 0 atom stereocenters. The highest BCUT2D eigenvalue weighted by Crippen LogP contribution is 2.26. The number of pyridine rings is 1. The third-order valence-electron chi connectivity index (χ3n) is 7.65. The number of ether oxygens (including phenoxy) is 1. The van der Waals surface area contributed by atoms with Gasteiger partial charge in [0.2, 0.25) is 5.52 Å². The van der Waals surface area contributed by atoms with Crippen LogP contribution in [0.5, 0.6) is 5.75 Å².